The van der Waals surface area contributed by atoms with Gasteiger partial charge >= 0.3 is 11.9 Å². The molecular formula is C12H20N2O6. The van der Waals surface area contributed by atoms with Crippen LogP contribution in [0.1, 0.15) is 27.2 Å². The highest BCUT2D eigenvalue weighted by molar-refractivity contribution is 6.02. The molecule has 0 atom stereocenters. The van der Waals surface area contributed by atoms with E-state index >= 15 is 0 Å². The first-order valence-corrected chi connectivity index (χ1v) is 6.29. The van der Waals surface area contributed by atoms with Crippen molar-refractivity contribution in [3.05, 3.63) is 0 Å². The molecule has 8 heteroatoms. The number of hydrogen-bond acceptors (Lipinski definition) is 6. The van der Waals surface area contributed by atoms with Gasteiger partial charge in [0.15, 0.2) is 0 Å². The first-order valence-electron chi connectivity index (χ1n) is 6.29. The Labute approximate surface area is 117 Å². The standard InChI is InChI=1S/C12H20N2O6/c1-4-19-11(17)10(12(18)20-5-2)14-9(16)6-7-13-8(3)15/h10H,4-7H2,1-3H3,(H,13,15)(H,14,16). The number of amides is 2. The molecule has 0 saturated heterocycles. The van der Waals surface area contributed by atoms with E-state index in [1.807, 2.05) is 0 Å². The number of esters is 2. The molecule has 114 valence electrons. The average molecular weight is 288 g/mol. The van der Waals surface area contributed by atoms with E-state index in [9.17, 15) is 19.2 Å². The second kappa shape index (κ2) is 9.76. The Hall–Kier alpha value is -2.12. The van der Waals surface area contributed by atoms with Crippen molar-refractivity contribution in [2.75, 3.05) is 19.8 Å². The molecule has 0 fully saturated rings. The molecule has 0 aromatic heterocycles. The van der Waals surface area contributed by atoms with Gasteiger partial charge in [0.25, 0.3) is 0 Å². The molecule has 0 rings (SSSR count). The van der Waals surface area contributed by atoms with E-state index in [0.29, 0.717) is 0 Å². The van der Waals surface area contributed by atoms with E-state index in [1.54, 1.807) is 13.8 Å². The van der Waals surface area contributed by atoms with Gasteiger partial charge in [-0.2, -0.15) is 0 Å². The van der Waals surface area contributed by atoms with Gasteiger partial charge in [-0.1, -0.05) is 0 Å². The fraction of sp³-hybridized carbons (Fsp3) is 0.667. The second-order valence-corrected chi connectivity index (χ2v) is 3.74. The van der Waals surface area contributed by atoms with Gasteiger partial charge in [-0.05, 0) is 13.8 Å². The van der Waals surface area contributed by atoms with Crippen molar-refractivity contribution in [2.45, 2.75) is 33.2 Å². The maximum absolute atomic E-state index is 11.6. The highest BCUT2D eigenvalue weighted by atomic mass is 16.6. The summed E-state index contributed by atoms with van der Waals surface area (Å²) in [6.07, 6.45) is -0.0606. The van der Waals surface area contributed by atoms with Gasteiger partial charge in [-0.15, -0.1) is 0 Å². The summed E-state index contributed by atoms with van der Waals surface area (Å²) in [7, 11) is 0. The molecule has 0 saturated carbocycles. The zero-order chi connectivity index (χ0) is 15.5. The minimum atomic E-state index is -1.49. The molecule has 20 heavy (non-hydrogen) atoms. The van der Waals surface area contributed by atoms with E-state index in [4.69, 9.17) is 9.47 Å². The van der Waals surface area contributed by atoms with Crippen LogP contribution in [0.25, 0.3) is 0 Å². The number of rotatable bonds is 8. The second-order valence-electron chi connectivity index (χ2n) is 3.74. The van der Waals surface area contributed by atoms with Crippen LogP contribution in [0.15, 0.2) is 0 Å². The zero-order valence-corrected chi connectivity index (χ0v) is 11.9. The van der Waals surface area contributed by atoms with Gasteiger partial charge in [0.05, 0.1) is 13.2 Å². The predicted octanol–water partition coefficient (Wildman–Crippen LogP) is -0.876. The van der Waals surface area contributed by atoms with E-state index in [-0.39, 0.29) is 32.1 Å². The maximum atomic E-state index is 11.6. The van der Waals surface area contributed by atoms with Gasteiger partial charge in [-0.3, -0.25) is 9.59 Å². The Morgan fingerprint density at radius 2 is 1.50 bits per heavy atom. The van der Waals surface area contributed by atoms with Crippen LogP contribution in [0.5, 0.6) is 0 Å². The molecular weight excluding hydrogens is 268 g/mol. The molecule has 2 amide bonds. The van der Waals surface area contributed by atoms with Crippen molar-refractivity contribution in [1.82, 2.24) is 10.6 Å². The Kier molecular flexibility index (Phi) is 8.73. The molecule has 0 aliphatic carbocycles. The minimum Gasteiger partial charge on any atom is -0.464 e. The Balaban J connectivity index is 4.47. The van der Waals surface area contributed by atoms with Gasteiger partial charge in [0.1, 0.15) is 0 Å². The Morgan fingerprint density at radius 1 is 1.00 bits per heavy atom. The topological polar surface area (TPSA) is 111 Å². The summed E-state index contributed by atoms with van der Waals surface area (Å²) in [4.78, 5) is 45.4. The van der Waals surface area contributed by atoms with Crippen LogP contribution in [-0.4, -0.2) is 49.6 Å². The summed E-state index contributed by atoms with van der Waals surface area (Å²) in [5.41, 5.74) is 0. The Morgan fingerprint density at radius 3 is 1.90 bits per heavy atom. The molecule has 8 nitrogen and oxygen atoms in total. The molecule has 0 radical (unpaired) electrons. The first-order chi connectivity index (χ1) is 9.42. The number of ether oxygens (including phenoxy) is 2. The maximum Gasteiger partial charge on any atom is 0.340 e. The van der Waals surface area contributed by atoms with Crippen molar-refractivity contribution >= 4 is 23.8 Å². The largest absolute Gasteiger partial charge is 0.464 e. The molecule has 0 bridgehead atoms. The molecule has 0 aromatic carbocycles. The quantitative estimate of drug-likeness (QED) is 0.443. The monoisotopic (exact) mass is 288 g/mol. The molecule has 0 spiro atoms. The van der Waals surface area contributed by atoms with Gasteiger partial charge in [-0.25, -0.2) is 9.59 Å². The summed E-state index contributed by atoms with van der Waals surface area (Å²) in [6.45, 7) is 4.75. The highest BCUT2D eigenvalue weighted by Gasteiger charge is 2.30. The van der Waals surface area contributed by atoms with Crippen molar-refractivity contribution in [3.63, 3.8) is 0 Å². The summed E-state index contributed by atoms with van der Waals surface area (Å²) in [5.74, 6) is -2.59. The predicted molar refractivity (Wildman–Crippen MR) is 68.5 cm³/mol. The van der Waals surface area contributed by atoms with Crippen LogP contribution in [-0.2, 0) is 28.7 Å². The van der Waals surface area contributed by atoms with E-state index in [2.05, 4.69) is 10.6 Å². The normalized spacial score (nSPS) is 9.80. The summed E-state index contributed by atoms with van der Waals surface area (Å²) in [5, 5.41) is 4.65. The third-order valence-corrected chi connectivity index (χ3v) is 2.08. The van der Waals surface area contributed by atoms with Crippen molar-refractivity contribution < 1.29 is 28.7 Å². The summed E-state index contributed by atoms with van der Waals surface area (Å²) in [6, 6.07) is -1.49. The SMILES string of the molecule is CCOC(=O)C(NC(=O)CCNC(C)=O)C(=O)OCC. The lowest BCUT2D eigenvalue weighted by atomic mass is 10.2. The summed E-state index contributed by atoms with van der Waals surface area (Å²) < 4.78 is 9.38. The first kappa shape index (κ1) is 17.9. The van der Waals surface area contributed by atoms with Crippen LogP contribution >= 0.6 is 0 Å². The minimum absolute atomic E-state index is 0.0606. The van der Waals surface area contributed by atoms with Crippen LogP contribution in [0.2, 0.25) is 0 Å². The molecule has 0 unspecified atom stereocenters. The van der Waals surface area contributed by atoms with Crippen LogP contribution in [0, 0.1) is 0 Å². The van der Waals surface area contributed by atoms with Crippen molar-refractivity contribution in [3.8, 4) is 0 Å². The van der Waals surface area contributed by atoms with E-state index in [0.717, 1.165) is 0 Å². The molecule has 0 aliphatic heterocycles. The fourth-order valence-electron chi connectivity index (χ4n) is 1.25. The zero-order valence-electron chi connectivity index (χ0n) is 11.9. The van der Waals surface area contributed by atoms with E-state index in [1.165, 1.54) is 6.92 Å². The van der Waals surface area contributed by atoms with E-state index < -0.39 is 23.9 Å². The van der Waals surface area contributed by atoms with Crippen LogP contribution in [0.3, 0.4) is 0 Å². The lowest BCUT2D eigenvalue weighted by Crippen LogP contribution is -2.48. The third kappa shape index (κ3) is 7.34. The smallest absolute Gasteiger partial charge is 0.340 e. The van der Waals surface area contributed by atoms with Crippen LogP contribution in [0.4, 0.5) is 0 Å². The Bertz CT molecular complexity index is 351. The van der Waals surface area contributed by atoms with Crippen molar-refractivity contribution in [2.24, 2.45) is 0 Å². The van der Waals surface area contributed by atoms with Gasteiger partial charge in [0.2, 0.25) is 17.9 Å². The lowest BCUT2D eigenvalue weighted by molar-refractivity contribution is -0.159. The number of hydrogen-bond donors (Lipinski definition) is 2. The fourth-order valence-corrected chi connectivity index (χ4v) is 1.25. The highest BCUT2D eigenvalue weighted by Crippen LogP contribution is 1.95. The molecule has 0 heterocycles. The van der Waals surface area contributed by atoms with Gasteiger partial charge in [0, 0.05) is 19.9 Å². The average Bonchev–Trinajstić information content (AvgIpc) is 2.35. The van der Waals surface area contributed by atoms with Crippen molar-refractivity contribution in [1.29, 1.82) is 0 Å². The lowest BCUT2D eigenvalue weighted by Gasteiger charge is -2.15. The van der Waals surface area contributed by atoms with Crippen LogP contribution < -0.4 is 10.6 Å². The number of carbonyl (C=O) groups is 4. The number of nitrogens with one attached hydrogen (secondary N) is 2. The summed E-state index contributed by atoms with van der Waals surface area (Å²) >= 11 is 0. The number of carbonyl (C=O) groups excluding carboxylic acids is 4. The third-order valence-electron chi connectivity index (χ3n) is 2.08. The van der Waals surface area contributed by atoms with Gasteiger partial charge < -0.3 is 20.1 Å². The molecule has 0 aromatic rings. The molecule has 2 N–H and O–H groups in total. The molecule has 0 aliphatic rings.